The predicted octanol–water partition coefficient (Wildman–Crippen LogP) is 0.615. The molecular weight excluding hydrogens is 262 g/mol. The maximum atomic E-state index is 11.4. The molecule has 1 aliphatic carbocycles. The van der Waals surface area contributed by atoms with E-state index in [-0.39, 0.29) is 5.54 Å². The lowest BCUT2D eigenvalue weighted by Gasteiger charge is -2.38. The lowest BCUT2D eigenvalue weighted by molar-refractivity contribution is 0.161. The smallest absolute Gasteiger partial charge is 0.211 e. The van der Waals surface area contributed by atoms with Crippen LogP contribution in [0.5, 0.6) is 0 Å². The van der Waals surface area contributed by atoms with Crippen LogP contribution in [-0.4, -0.2) is 62.1 Å². The summed E-state index contributed by atoms with van der Waals surface area (Å²) < 4.78 is 24.4. The van der Waals surface area contributed by atoms with Crippen LogP contribution >= 0.6 is 0 Å². The average Bonchev–Trinajstić information content (AvgIpc) is 2.37. The first kappa shape index (κ1) is 15.2. The highest BCUT2D eigenvalue weighted by Gasteiger charge is 2.29. The lowest BCUT2D eigenvalue weighted by Crippen LogP contribution is -2.51. The summed E-state index contributed by atoms with van der Waals surface area (Å²) in [6, 6.07) is 0. The molecule has 0 aromatic heterocycles. The summed E-state index contributed by atoms with van der Waals surface area (Å²) in [5, 5.41) is 0. The Bertz CT molecular complexity index is 383. The van der Waals surface area contributed by atoms with Crippen LogP contribution in [-0.2, 0) is 10.0 Å². The van der Waals surface area contributed by atoms with E-state index in [9.17, 15) is 8.42 Å². The molecule has 2 aliphatic rings. The fourth-order valence-corrected chi connectivity index (χ4v) is 4.00. The normalized spacial score (nSPS) is 26.4. The molecule has 5 nitrogen and oxygen atoms in total. The van der Waals surface area contributed by atoms with Crippen molar-refractivity contribution in [2.45, 2.75) is 44.1 Å². The molecule has 0 amide bonds. The first-order chi connectivity index (χ1) is 8.89. The molecular formula is C13H27N3O2S. The van der Waals surface area contributed by atoms with E-state index in [0.29, 0.717) is 13.1 Å². The van der Waals surface area contributed by atoms with Gasteiger partial charge in [-0.25, -0.2) is 8.42 Å². The fraction of sp³-hybridized carbons (Fsp3) is 1.00. The number of hydrogen-bond donors (Lipinski definition) is 1. The van der Waals surface area contributed by atoms with Gasteiger partial charge in [0.05, 0.1) is 6.26 Å². The second kappa shape index (κ2) is 6.08. The minimum absolute atomic E-state index is 0.0339. The minimum Gasteiger partial charge on any atom is -0.325 e. The molecule has 0 radical (unpaired) electrons. The Hall–Kier alpha value is -0.170. The Morgan fingerprint density at radius 1 is 1.05 bits per heavy atom. The fourth-order valence-electron chi connectivity index (χ4n) is 3.17. The van der Waals surface area contributed by atoms with Gasteiger partial charge in [-0.3, -0.25) is 0 Å². The van der Waals surface area contributed by atoms with Crippen LogP contribution in [0.25, 0.3) is 0 Å². The second-order valence-corrected chi connectivity index (χ2v) is 8.16. The zero-order valence-corrected chi connectivity index (χ0v) is 12.8. The molecule has 1 aliphatic heterocycles. The molecule has 6 heteroatoms. The van der Waals surface area contributed by atoms with Crippen molar-refractivity contribution < 1.29 is 8.42 Å². The van der Waals surface area contributed by atoms with Crippen molar-refractivity contribution in [2.75, 3.05) is 39.0 Å². The summed E-state index contributed by atoms with van der Waals surface area (Å²) in [6.07, 6.45) is 8.49. The molecule has 1 saturated heterocycles. The van der Waals surface area contributed by atoms with Crippen LogP contribution in [0.3, 0.4) is 0 Å². The van der Waals surface area contributed by atoms with Gasteiger partial charge < -0.3 is 10.6 Å². The summed E-state index contributed by atoms with van der Waals surface area (Å²) in [7, 11) is -3.01. The summed E-state index contributed by atoms with van der Waals surface area (Å²) >= 11 is 0. The number of rotatable bonds is 4. The van der Waals surface area contributed by atoms with Gasteiger partial charge in [0.1, 0.15) is 0 Å². The molecule has 0 aromatic carbocycles. The van der Waals surface area contributed by atoms with E-state index in [2.05, 4.69) is 4.90 Å². The molecule has 0 unspecified atom stereocenters. The van der Waals surface area contributed by atoms with Gasteiger partial charge in [-0.15, -0.1) is 0 Å². The Morgan fingerprint density at radius 2 is 1.63 bits per heavy atom. The topological polar surface area (TPSA) is 66.6 Å². The van der Waals surface area contributed by atoms with Crippen LogP contribution in [0.4, 0.5) is 0 Å². The Labute approximate surface area is 117 Å². The molecule has 1 heterocycles. The van der Waals surface area contributed by atoms with Gasteiger partial charge in [0.25, 0.3) is 0 Å². The van der Waals surface area contributed by atoms with Crippen molar-refractivity contribution in [1.82, 2.24) is 9.21 Å². The third-order valence-corrected chi connectivity index (χ3v) is 5.88. The number of hydrogen-bond acceptors (Lipinski definition) is 4. The molecule has 0 aromatic rings. The standard InChI is InChI=1S/C13H27N3O2S/c1-19(17,18)16-11-9-15(10-12-16)8-7-13(14)5-3-2-4-6-13/h2-12,14H2,1H3. The third kappa shape index (κ3) is 4.41. The summed E-state index contributed by atoms with van der Waals surface area (Å²) in [5.74, 6) is 0. The van der Waals surface area contributed by atoms with Gasteiger partial charge in [-0.1, -0.05) is 19.3 Å². The second-order valence-electron chi connectivity index (χ2n) is 6.18. The number of sulfonamides is 1. The monoisotopic (exact) mass is 289 g/mol. The van der Waals surface area contributed by atoms with Crippen molar-refractivity contribution in [3.05, 3.63) is 0 Å². The van der Waals surface area contributed by atoms with E-state index < -0.39 is 10.0 Å². The van der Waals surface area contributed by atoms with Crippen molar-refractivity contribution in [3.63, 3.8) is 0 Å². The van der Waals surface area contributed by atoms with Gasteiger partial charge in [0, 0.05) is 31.7 Å². The first-order valence-corrected chi connectivity index (χ1v) is 9.20. The molecule has 1 saturated carbocycles. The maximum Gasteiger partial charge on any atom is 0.211 e. The Morgan fingerprint density at radius 3 is 2.16 bits per heavy atom. The van der Waals surface area contributed by atoms with E-state index in [4.69, 9.17) is 5.73 Å². The summed E-state index contributed by atoms with van der Waals surface area (Å²) in [4.78, 5) is 2.35. The zero-order chi connectivity index (χ0) is 13.9. The molecule has 0 spiro atoms. The molecule has 0 bridgehead atoms. The molecule has 0 atom stereocenters. The lowest BCUT2D eigenvalue weighted by atomic mass is 9.80. The number of piperazine rings is 1. The highest BCUT2D eigenvalue weighted by molar-refractivity contribution is 7.88. The summed E-state index contributed by atoms with van der Waals surface area (Å²) in [5.41, 5.74) is 6.47. The van der Waals surface area contributed by atoms with E-state index in [0.717, 1.165) is 38.9 Å². The van der Waals surface area contributed by atoms with Crippen molar-refractivity contribution in [2.24, 2.45) is 5.73 Å². The summed E-state index contributed by atoms with van der Waals surface area (Å²) in [6.45, 7) is 3.92. The van der Waals surface area contributed by atoms with Crippen LogP contribution < -0.4 is 5.73 Å². The number of nitrogens with two attached hydrogens (primary N) is 1. The molecule has 2 rings (SSSR count). The van der Waals surface area contributed by atoms with Gasteiger partial charge in [0.15, 0.2) is 0 Å². The SMILES string of the molecule is CS(=O)(=O)N1CCN(CCC2(N)CCCCC2)CC1. The third-order valence-electron chi connectivity index (χ3n) is 4.58. The van der Waals surface area contributed by atoms with E-state index in [1.807, 2.05) is 0 Å². The zero-order valence-electron chi connectivity index (χ0n) is 12.0. The minimum atomic E-state index is -3.01. The highest BCUT2D eigenvalue weighted by Crippen LogP contribution is 2.28. The highest BCUT2D eigenvalue weighted by atomic mass is 32.2. The van der Waals surface area contributed by atoms with E-state index >= 15 is 0 Å². The Balaban J connectivity index is 1.74. The molecule has 2 fully saturated rings. The van der Waals surface area contributed by atoms with Crippen LogP contribution in [0.15, 0.2) is 0 Å². The molecule has 19 heavy (non-hydrogen) atoms. The Kier molecular flexibility index (Phi) is 4.87. The van der Waals surface area contributed by atoms with Gasteiger partial charge in [-0.2, -0.15) is 4.31 Å². The molecule has 2 N–H and O–H groups in total. The van der Waals surface area contributed by atoms with Crippen molar-refractivity contribution in [1.29, 1.82) is 0 Å². The van der Waals surface area contributed by atoms with Crippen LogP contribution in [0.1, 0.15) is 38.5 Å². The predicted molar refractivity (Wildman–Crippen MR) is 77.5 cm³/mol. The van der Waals surface area contributed by atoms with E-state index in [1.165, 1.54) is 25.5 Å². The van der Waals surface area contributed by atoms with Crippen LogP contribution in [0, 0.1) is 0 Å². The first-order valence-electron chi connectivity index (χ1n) is 7.35. The van der Waals surface area contributed by atoms with Crippen molar-refractivity contribution >= 4 is 10.0 Å². The van der Waals surface area contributed by atoms with Crippen molar-refractivity contribution in [3.8, 4) is 0 Å². The largest absolute Gasteiger partial charge is 0.325 e. The average molecular weight is 289 g/mol. The van der Waals surface area contributed by atoms with E-state index in [1.54, 1.807) is 4.31 Å². The maximum absolute atomic E-state index is 11.4. The van der Waals surface area contributed by atoms with Gasteiger partial charge in [0.2, 0.25) is 10.0 Å². The quantitative estimate of drug-likeness (QED) is 0.824. The molecule has 112 valence electrons. The van der Waals surface area contributed by atoms with Gasteiger partial charge >= 0.3 is 0 Å². The van der Waals surface area contributed by atoms with Crippen LogP contribution in [0.2, 0.25) is 0 Å². The number of nitrogens with zero attached hydrogens (tertiary/aromatic N) is 2. The van der Waals surface area contributed by atoms with Gasteiger partial charge in [-0.05, 0) is 25.8 Å².